The maximum Gasteiger partial charge on any atom is 0.0935 e. The number of hydrogen-bond acceptors (Lipinski definition) is 3. The predicted octanol–water partition coefficient (Wildman–Crippen LogP) is 3.22. The molecule has 17 heavy (non-hydrogen) atoms. The molecule has 1 aliphatic rings. The van der Waals surface area contributed by atoms with Crippen molar-refractivity contribution in [2.45, 2.75) is 25.8 Å². The molecule has 0 spiro atoms. The van der Waals surface area contributed by atoms with Gasteiger partial charge in [0.2, 0.25) is 0 Å². The average molecular weight is 244 g/mol. The number of thiazole rings is 1. The van der Waals surface area contributed by atoms with Gasteiger partial charge in [-0.1, -0.05) is 18.2 Å². The van der Waals surface area contributed by atoms with Crippen molar-refractivity contribution in [3.05, 3.63) is 40.2 Å². The molecule has 3 rings (SSSR count). The first kappa shape index (κ1) is 10.9. The summed E-state index contributed by atoms with van der Waals surface area (Å²) >= 11 is 1.78. The Morgan fingerprint density at radius 3 is 3.00 bits per heavy atom. The van der Waals surface area contributed by atoms with Gasteiger partial charge in [0.15, 0.2) is 0 Å². The molecule has 1 heterocycles. The second-order valence-corrected chi connectivity index (χ2v) is 5.62. The summed E-state index contributed by atoms with van der Waals surface area (Å²) in [7, 11) is 0. The fourth-order valence-electron chi connectivity index (χ4n) is 1.96. The largest absolute Gasteiger partial charge is 0.326 e. The zero-order chi connectivity index (χ0) is 11.7. The van der Waals surface area contributed by atoms with Crippen LogP contribution in [0.2, 0.25) is 0 Å². The van der Waals surface area contributed by atoms with Gasteiger partial charge in [0.1, 0.15) is 0 Å². The quantitative estimate of drug-likeness (QED) is 0.897. The van der Waals surface area contributed by atoms with Crippen molar-refractivity contribution >= 4 is 11.3 Å². The fraction of sp³-hybridized carbons (Fsp3) is 0.357. The van der Waals surface area contributed by atoms with E-state index in [0.29, 0.717) is 6.54 Å². The Labute approximate surface area is 106 Å². The number of rotatable bonds is 4. The van der Waals surface area contributed by atoms with Gasteiger partial charge in [-0.05, 0) is 30.4 Å². The molecule has 1 aromatic carbocycles. The Kier molecular flexibility index (Phi) is 2.95. The van der Waals surface area contributed by atoms with Crippen LogP contribution in [0.3, 0.4) is 0 Å². The number of benzene rings is 1. The van der Waals surface area contributed by atoms with Gasteiger partial charge < -0.3 is 5.73 Å². The fourth-order valence-corrected chi connectivity index (χ4v) is 2.88. The Hall–Kier alpha value is -1.19. The molecule has 0 unspecified atom stereocenters. The highest BCUT2D eigenvalue weighted by atomic mass is 32.1. The number of nitrogens with two attached hydrogens (primary N) is 1. The first-order chi connectivity index (χ1) is 8.35. The van der Waals surface area contributed by atoms with E-state index in [1.165, 1.54) is 35.4 Å². The van der Waals surface area contributed by atoms with Crippen molar-refractivity contribution in [1.29, 1.82) is 0 Å². The van der Waals surface area contributed by atoms with Crippen LogP contribution in [0.25, 0.3) is 11.3 Å². The molecule has 0 bridgehead atoms. The molecule has 0 amide bonds. The van der Waals surface area contributed by atoms with Gasteiger partial charge in [-0.15, -0.1) is 11.3 Å². The van der Waals surface area contributed by atoms with Gasteiger partial charge >= 0.3 is 0 Å². The van der Waals surface area contributed by atoms with Crippen LogP contribution in [0.4, 0.5) is 0 Å². The molecule has 1 aliphatic carbocycles. The molecule has 2 nitrogen and oxygen atoms in total. The van der Waals surface area contributed by atoms with Crippen LogP contribution in [-0.4, -0.2) is 4.98 Å². The first-order valence-corrected chi connectivity index (χ1v) is 6.97. The van der Waals surface area contributed by atoms with Gasteiger partial charge in [0.25, 0.3) is 0 Å². The molecule has 0 saturated heterocycles. The molecule has 1 saturated carbocycles. The molecular formula is C14H16N2S. The maximum absolute atomic E-state index is 5.66. The summed E-state index contributed by atoms with van der Waals surface area (Å²) in [6.07, 6.45) is 3.94. The molecule has 2 aromatic rings. The van der Waals surface area contributed by atoms with E-state index in [2.05, 4.69) is 29.6 Å². The van der Waals surface area contributed by atoms with E-state index in [1.54, 1.807) is 11.3 Å². The zero-order valence-corrected chi connectivity index (χ0v) is 10.5. The van der Waals surface area contributed by atoms with Crippen LogP contribution in [0.1, 0.15) is 23.4 Å². The third kappa shape index (κ3) is 2.56. The third-order valence-corrected chi connectivity index (χ3v) is 4.04. The average Bonchev–Trinajstić information content (AvgIpc) is 3.05. The Balaban J connectivity index is 1.83. The van der Waals surface area contributed by atoms with Crippen LogP contribution in [0.5, 0.6) is 0 Å². The van der Waals surface area contributed by atoms with Crippen molar-refractivity contribution in [3.8, 4) is 11.3 Å². The summed E-state index contributed by atoms with van der Waals surface area (Å²) in [6, 6.07) is 8.35. The number of aromatic nitrogens is 1. The lowest BCUT2D eigenvalue weighted by Crippen LogP contribution is -1.95. The highest BCUT2D eigenvalue weighted by Gasteiger charge is 2.22. The van der Waals surface area contributed by atoms with Crippen LogP contribution < -0.4 is 5.73 Å². The maximum atomic E-state index is 5.66. The monoisotopic (exact) mass is 244 g/mol. The summed E-state index contributed by atoms with van der Waals surface area (Å²) in [6.45, 7) is 0.590. The molecule has 88 valence electrons. The van der Waals surface area contributed by atoms with E-state index in [-0.39, 0.29) is 0 Å². The van der Waals surface area contributed by atoms with E-state index < -0.39 is 0 Å². The number of hydrogen-bond donors (Lipinski definition) is 1. The van der Waals surface area contributed by atoms with E-state index in [1.807, 2.05) is 0 Å². The molecular weight excluding hydrogens is 228 g/mol. The third-order valence-electron chi connectivity index (χ3n) is 3.17. The SMILES string of the molecule is NCc1cccc(-c2csc(CC3CC3)n2)c1. The summed E-state index contributed by atoms with van der Waals surface area (Å²) in [4.78, 5) is 4.71. The lowest BCUT2D eigenvalue weighted by molar-refractivity contribution is 0.825. The Morgan fingerprint density at radius 1 is 1.35 bits per heavy atom. The van der Waals surface area contributed by atoms with Gasteiger partial charge in [-0.3, -0.25) is 0 Å². The Bertz CT molecular complexity index is 514. The lowest BCUT2D eigenvalue weighted by Gasteiger charge is -2.00. The lowest BCUT2D eigenvalue weighted by atomic mass is 10.1. The zero-order valence-electron chi connectivity index (χ0n) is 9.73. The summed E-state index contributed by atoms with van der Waals surface area (Å²) in [5.41, 5.74) is 9.11. The summed E-state index contributed by atoms with van der Waals surface area (Å²) in [5.74, 6) is 0.907. The standard InChI is InChI=1S/C14H16N2S/c15-8-11-2-1-3-12(6-11)13-9-17-14(16-13)7-10-4-5-10/h1-3,6,9-10H,4-5,7-8,15H2. The van der Waals surface area contributed by atoms with Crippen LogP contribution >= 0.6 is 11.3 Å². The van der Waals surface area contributed by atoms with Gasteiger partial charge in [0.05, 0.1) is 10.7 Å². The molecule has 0 atom stereocenters. The van der Waals surface area contributed by atoms with E-state index >= 15 is 0 Å². The van der Waals surface area contributed by atoms with Gasteiger partial charge in [-0.2, -0.15) is 0 Å². The molecule has 3 heteroatoms. The van der Waals surface area contributed by atoms with Crippen molar-refractivity contribution in [3.63, 3.8) is 0 Å². The highest BCUT2D eigenvalue weighted by molar-refractivity contribution is 7.09. The van der Waals surface area contributed by atoms with Gasteiger partial charge in [-0.25, -0.2) is 4.98 Å². The molecule has 1 fully saturated rings. The smallest absolute Gasteiger partial charge is 0.0935 e. The normalized spacial score (nSPS) is 15.1. The topological polar surface area (TPSA) is 38.9 Å². The van der Waals surface area contributed by atoms with Crippen LogP contribution in [0.15, 0.2) is 29.6 Å². The highest BCUT2D eigenvalue weighted by Crippen LogP contribution is 2.34. The minimum Gasteiger partial charge on any atom is -0.326 e. The minimum atomic E-state index is 0.590. The first-order valence-electron chi connectivity index (χ1n) is 6.09. The van der Waals surface area contributed by atoms with Crippen molar-refractivity contribution in [2.75, 3.05) is 0 Å². The number of nitrogens with zero attached hydrogens (tertiary/aromatic N) is 1. The summed E-state index contributed by atoms with van der Waals surface area (Å²) in [5, 5.41) is 3.44. The molecule has 1 aromatic heterocycles. The molecule has 2 N–H and O–H groups in total. The van der Waals surface area contributed by atoms with Gasteiger partial charge in [0, 0.05) is 23.9 Å². The van der Waals surface area contributed by atoms with Crippen molar-refractivity contribution in [1.82, 2.24) is 4.98 Å². The predicted molar refractivity (Wildman–Crippen MR) is 71.9 cm³/mol. The second kappa shape index (κ2) is 4.59. The van der Waals surface area contributed by atoms with Crippen molar-refractivity contribution < 1.29 is 0 Å². The minimum absolute atomic E-state index is 0.590. The molecule has 0 radical (unpaired) electrons. The van der Waals surface area contributed by atoms with Crippen molar-refractivity contribution in [2.24, 2.45) is 11.7 Å². The Morgan fingerprint density at radius 2 is 2.24 bits per heavy atom. The van der Waals surface area contributed by atoms with Crippen LogP contribution in [-0.2, 0) is 13.0 Å². The summed E-state index contributed by atoms with van der Waals surface area (Å²) < 4.78 is 0. The van der Waals surface area contributed by atoms with E-state index in [4.69, 9.17) is 10.7 Å². The van der Waals surface area contributed by atoms with E-state index in [0.717, 1.165) is 11.6 Å². The van der Waals surface area contributed by atoms with Crippen LogP contribution in [0, 0.1) is 5.92 Å². The second-order valence-electron chi connectivity index (χ2n) is 4.68. The van der Waals surface area contributed by atoms with E-state index in [9.17, 15) is 0 Å². The molecule has 0 aliphatic heterocycles.